The molecular weight excluding hydrogens is 266 g/mol. The molecule has 0 spiro atoms. The van der Waals surface area contributed by atoms with Gasteiger partial charge in [0.1, 0.15) is 12.4 Å². The highest BCUT2D eigenvalue weighted by molar-refractivity contribution is 6.32. The lowest BCUT2D eigenvalue weighted by molar-refractivity contribution is 0.280. The fourth-order valence-corrected chi connectivity index (χ4v) is 1.89. The number of hydrogen-bond donors (Lipinski definition) is 1. The van der Waals surface area contributed by atoms with Gasteiger partial charge in [-0.25, -0.2) is 4.98 Å². The number of benzene rings is 1. The maximum atomic E-state index is 9.00. The SMILES string of the molecule is COc1ncccc1COc1ccc(CO)cc1Cl. The Morgan fingerprint density at radius 3 is 2.84 bits per heavy atom. The second kappa shape index (κ2) is 6.41. The van der Waals surface area contributed by atoms with E-state index in [4.69, 9.17) is 26.2 Å². The van der Waals surface area contributed by atoms with Crippen LogP contribution in [0, 0.1) is 0 Å². The van der Waals surface area contributed by atoms with Crippen LogP contribution in [-0.4, -0.2) is 17.2 Å². The van der Waals surface area contributed by atoms with Crippen molar-refractivity contribution in [1.82, 2.24) is 4.98 Å². The van der Waals surface area contributed by atoms with Gasteiger partial charge in [0.15, 0.2) is 0 Å². The predicted octanol–water partition coefficient (Wildman–Crippen LogP) is 2.81. The van der Waals surface area contributed by atoms with E-state index >= 15 is 0 Å². The van der Waals surface area contributed by atoms with Crippen LogP contribution in [0.1, 0.15) is 11.1 Å². The van der Waals surface area contributed by atoms with E-state index in [0.717, 1.165) is 11.1 Å². The molecule has 2 rings (SSSR count). The fraction of sp³-hybridized carbons (Fsp3) is 0.214. The molecule has 0 fully saturated rings. The zero-order chi connectivity index (χ0) is 13.7. The van der Waals surface area contributed by atoms with Crippen LogP contribution in [0.4, 0.5) is 0 Å². The Bertz CT molecular complexity index is 560. The Morgan fingerprint density at radius 1 is 1.32 bits per heavy atom. The van der Waals surface area contributed by atoms with Crippen LogP contribution in [0.15, 0.2) is 36.5 Å². The number of aliphatic hydroxyl groups excluding tert-OH is 1. The van der Waals surface area contributed by atoms with E-state index in [1.54, 1.807) is 31.5 Å². The second-order valence-corrected chi connectivity index (χ2v) is 4.29. The quantitative estimate of drug-likeness (QED) is 0.914. The summed E-state index contributed by atoms with van der Waals surface area (Å²) in [5.41, 5.74) is 1.59. The number of nitrogens with zero attached hydrogens (tertiary/aromatic N) is 1. The third-order valence-electron chi connectivity index (χ3n) is 2.61. The van der Waals surface area contributed by atoms with Crippen LogP contribution in [-0.2, 0) is 13.2 Å². The molecule has 0 bridgehead atoms. The van der Waals surface area contributed by atoms with E-state index in [2.05, 4.69) is 4.98 Å². The van der Waals surface area contributed by atoms with E-state index in [9.17, 15) is 0 Å². The minimum Gasteiger partial charge on any atom is -0.487 e. The molecular formula is C14H14ClNO3. The minimum absolute atomic E-state index is 0.0452. The smallest absolute Gasteiger partial charge is 0.219 e. The first-order valence-corrected chi connectivity index (χ1v) is 6.12. The maximum absolute atomic E-state index is 9.00. The van der Waals surface area contributed by atoms with Crippen molar-refractivity contribution in [2.24, 2.45) is 0 Å². The first-order valence-electron chi connectivity index (χ1n) is 5.74. The van der Waals surface area contributed by atoms with Gasteiger partial charge < -0.3 is 14.6 Å². The van der Waals surface area contributed by atoms with Crippen LogP contribution in [0.5, 0.6) is 11.6 Å². The van der Waals surface area contributed by atoms with Gasteiger partial charge in [0.25, 0.3) is 0 Å². The summed E-state index contributed by atoms with van der Waals surface area (Å²) in [5, 5.41) is 9.47. The van der Waals surface area contributed by atoms with Gasteiger partial charge >= 0.3 is 0 Å². The lowest BCUT2D eigenvalue weighted by atomic mass is 10.2. The van der Waals surface area contributed by atoms with Crippen LogP contribution >= 0.6 is 11.6 Å². The Morgan fingerprint density at radius 2 is 2.16 bits per heavy atom. The van der Waals surface area contributed by atoms with Crippen molar-refractivity contribution < 1.29 is 14.6 Å². The summed E-state index contributed by atoms with van der Waals surface area (Å²) in [6, 6.07) is 8.87. The Balaban J connectivity index is 2.10. The minimum atomic E-state index is -0.0452. The molecule has 4 nitrogen and oxygen atoms in total. The highest BCUT2D eigenvalue weighted by Gasteiger charge is 2.07. The van der Waals surface area contributed by atoms with Gasteiger partial charge in [0.2, 0.25) is 5.88 Å². The van der Waals surface area contributed by atoms with Crippen molar-refractivity contribution in [2.75, 3.05) is 7.11 Å². The van der Waals surface area contributed by atoms with Gasteiger partial charge in [-0.05, 0) is 29.8 Å². The molecule has 0 unspecified atom stereocenters. The van der Waals surface area contributed by atoms with Crippen molar-refractivity contribution in [3.8, 4) is 11.6 Å². The van der Waals surface area contributed by atoms with E-state index in [-0.39, 0.29) is 6.61 Å². The third-order valence-corrected chi connectivity index (χ3v) is 2.90. The van der Waals surface area contributed by atoms with Crippen LogP contribution in [0.2, 0.25) is 5.02 Å². The summed E-state index contributed by atoms with van der Waals surface area (Å²) in [7, 11) is 1.56. The molecule has 100 valence electrons. The summed E-state index contributed by atoms with van der Waals surface area (Å²) < 4.78 is 10.8. The molecule has 1 N–H and O–H groups in total. The zero-order valence-corrected chi connectivity index (χ0v) is 11.2. The number of halogens is 1. The summed E-state index contributed by atoms with van der Waals surface area (Å²) >= 11 is 6.07. The van der Waals surface area contributed by atoms with Gasteiger partial charge in [-0.2, -0.15) is 0 Å². The molecule has 0 aliphatic carbocycles. The Labute approximate surface area is 116 Å². The summed E-state index contributed by atoms with van der Waals surface area (Å²) in [5.74, 6) is 1.09. The lowest BCUT2D eigenvalue weighted by Gasteiger charge is -2.10. The number of rotatable bonds is 5. The van der Waals surface area contributed by atoms with Gasteiger partial charge in [-0.15, -0.1) is 0 Å². The fourth-order valence-electron chi connectivity index (χ4n) is 1.63. The average Bonchev–Trinajstić information content (AvgIpc) is 2.46. The van der Waals surface area contributed by atoms with Gasteiger partial charge in [0.05, 0.1) is 24.3 Å². The molecule has 0 aliphatic rings. The number of pyridine rings is 1. The summed E-state index contributed by atoms with van der Waals surface area (Å²) in [6.07, 6.45) is 1.66. The van der Waals surface area contributed by atoms with Crippen molar-refractivity contribution >= 4 is 11.6 Å². The van der Waals surface area contributed by atoms with Crippen molar-refractivity contribution in [2.45, 2.75) is 13.2 Å². The molecule has 0 saturated heterocycles. The Kier molecular flexibility index (Phi) is 4.60. The lowest BCUT2D eigenvalue weighted by Crippen LogP contribution is -2.00. The normalized spacial score (nSPS) is 10.3. The molecule has 2 aromatic rings. The van der Waals surface area contributed by atoms with Gasteiger partial charge in [-0.1, -0.05) is 17.7 Å². The molecule has 1 aromatic carbocycles. The number of methoxy groups -OCH3 is 1. The standard InChI is InChI=1S/C14H14ClNO3/c1-18-14-11(3-2-6-16-14)9-19-13-5-4-10(8-17)7-12(13)15/h2-7,17H,8-9H2,1H3. The van der Waals surface area contributed by atoms with Gasteiger partial charge in [0, 0.05) is 6.20 Å². The Hall–Kier alpha value is -1.78. The molecule has 5 heteroatoms. The highest BCUT2D eigenvalue weighted by Crippen LogP contribution is 2.27. The predicted molar refractivity (Wildman–Crippen MR) is 72.5 cm³/mol. The van der Waals surface area contributed by atoms with Crippen LogP contribution < -0.4 is 9.47 Å². The number of hydrogen-bond acceptors (Lipinski definition) is 4. The second-order valence-electron chi connectivity index (χ2n) is 3.88. The topological polar surface area (TPSA) is 51.6 Å². The third kappa shape index (κ3) is 3.36. The molecule has 0 atom stereocenters. The van der Waals surface area contributed by atoms with E-state index < -0.39 is 0 Å². The zero-order valence-electron chi connectivity index (χ0n) is 10.5. The molecule has 1 aromatic heterocycles. The average molecular weight is 280 g/mol. The van der Waals surface area contributed by atoms with E-state index in [0.29, 0.717) is 23.3 Å². The molecule has 0 aliphatic heterocycles. The first-order chi connectivity index (χ1) is 9.24. The van der Waals surface area contributed by atoms with Crippen molar-refractivity contribution in [3.05, 3.63) is 52.7 Å². The summed E-state index contributed by atoms with van der Waals surface area (Å²) in [4.78, 5) is 4.09. The number of aromatic nitrogens is 1. The first kappa shape index (κ1) is 13.6. The molecule has 0 amide bonds. The maximum Gasteiger partial charge on any atom is 0.219 e. The highest BCUT2D eigenvalue weighted by atomic mass is 35.5. The van der Waals surface area contributed by atoms with E-state index in [1.165, 1.54) is 0 Å². The largest absolute Gasteiger partial charge is 0.487 e. The number of aliphatic hydroxyl groups is 1. The molecule has 19 heavy (non-hydrogen) atoms. The van der Waals surface area contributed by atoms with E-state index in [1.807, 2.05) is 12.1 Å². The molecule has 0 saturated carbocycles. The summed E-state index contributed by atoms with van der Waals surface area (Å²) in [6.45, 7) is 0.269. The van der Waals surface area contributed by atoms with Crippen molar-refractivity contribution in [3.63, 3.8) is 0 Å². The molecule has 1 heterocycles. The van der Waals surface area contributed by atoms with Crippen LogP contribution in [0.25, 0.3) is 0 Å². The number of ether oxygens (including phenoxy) is 2. The van der Waals surface area contributed by atoms with Gasteiger partial charge in [-0.3, -0.25) is 0 Å². The molecule has 0 radical (unpaired) electrons. The van der Waals surface area contributed by atoms with Crippen LogP contribution in [0.3, 0.4) is 0 Å². The monoisotopic (exact) mass is 279 g/mol. The van der Waals surface area contributed by atoms with Crippen molar-refractivity contribution in [1.29, 1.82) is 0 Å².